The summed E-state index contributed by atoms with van der Waals surface area (Å²) in [5.41, 5.74) is -0.103. The van der Waals surface area contributed by atoms with Crippen LogP contribution in [0.2, 0.25) is 0 Å². The van der Waals surface area contributed by atoms with Crippen LogP contribution in [-0.4, -0.2) is 23.2 Å². The summed E-state index contributed by atoms with van der Waals surface area (Å²) in [7, 11) is 0. The number of benzene rings is 1. The molecule has 0 spiro atoms. The number of amides is 1. The number of thiol groups is 1. The molecule has 1 aliphatic rings. The molecule has 1 aromatic rings. The molecule has 1 aliphatic carbocycles. The maximum atomic E-state index is 12.9. The normalized spacial score (nSPS) is 16.9. The summed E-state index contributed by atoms with van der Waals surface area (Å²) in [6, 6.07) is 3.98. The van der Waals surface area contributed by atoms with Gasteiger partial charge in [0.05, 0.1) is 12.1 Å². The van der Waals surface area contributed by atoms with E-state index in [-0.39, 0.29) is 17.4 Å². The van der Waals surface area contributed by atoms with Crippen LogP contribution >= 0.6 is 12.6 Å². The third-order valence-corrected chi connectivity index (χ3v) is 3.09. The van der Waals surface area contributed by atoms with Gasteiger partial charge >= 0.3 is 0 Å². The van der Waals surface area contributed by atoms with E-state index in [0.717, 1.165) is 12.8 Å². The van der Waals surface area contributed by atoms with Gasteiger partial charge in [0.2, 0.25) is 0 Å². The fourth-order valence-corrected chi connectivity index (χ4v) is 1.65. The predicted octanol–water partition coefficient (Wildman–Crippen LogP) is 1.37. The molecule has 3 nitrogen and oxygen atoms in total. The van der Waals surface area contributed by atoms with Gasteiger partial charge in [0.15, 0.2) is 0 Å². The molecule has 1 saturated carbocycles. The van der Waals surface area contributed by atoms with Crippen LogP contribution in [-0.2, 0) is 0 Å². The average Bonchev–Trinajstić information content (AvgIpc) is 3.02. The van der Waals surface area contributed by atoms with Crippen LogP contribution in [0, 0.1) is 5.82 Å². The van der Waals surface area contributed by atoms with E-state index in [9.17, 15) is 9.18 Å². The Morgan fingerprint density at radius 2 is 2.25 bits per heavy atom. The minimum atomic E-state index is -0.456. The van der Waals surface area contributed by atoms with Gasteiger partial charge in [0.1, 0.15) is 5.82 Å². The second kappa shape index (κ2) is 4.07. The maximum absolute atomic E-state index is 12.9. The lowest BCUT2D eigenvalue weighted by molar-refractivity contribution is 0.0906. The molecule has 2 N–H and O–H groups in total. The molecule has 1 aromatic carbocycles. The molecule has 1 fully saturated rings. The van der Waals surface area contributed by atoms with Gasteiger partial charge in [0, 0.05) is 10.5 Å². The molecule has 86 valence electrons. The van der Waals surface area contributed by atoms with Crippen LogP contribution in [0.1, 0.15) is 23.2 Å². The van der Waals surface area contributed by atoms with Gasteiger partial charge in [-0.25, -0.2) is 4.39 Å². The van der Waals surface area contributed by atoms with Crippen molar-refractivity contribution in [2.75, 3.05) is 6.61 Å². The summed E-state index contributed by atoms with van der Waals surface area (Å²) in [5, 5.41) is 11.8. The Balaban J connectivity index is 2.12. The molecule has 0 aliphatic heterocycles. The molecule has 5 heteroatoms. The molecular formula is C11H12FNO2S. The van der Waals surface area contributed by atoms with Gasteiger partial charge in [0.25, 0.3) is 5.91 Å². The van der Waals surface area contributed by atoms with E-state index in [1.807, 2.05) is 0 Å². The van der Waals surface area contributed by atoms with Crippen molar-refractivity contribution in [3.8, 4) is 0 Å². The second-order valence-electron chi connectivity index (χ2n) is 4.06. The molecule has 1 amide bonds. The molecule has 2 rings (SSSR count). The summed E-state index contributed by atoms with van der Waals surface area (Å²) in [5.74, 6) is -0.759. The van der Waals surface area contributed by atoms with Crippen LogP contribution < -0.4 is 5.32 Å². The molecule has 0 atom stereocenters. The van der Waals surface area contributed by atoms with Crippen molar-refractivity contribution in [2.45, 2.75) is 23.3 Å². The number of aliphatic hydroxyl groups is 1. The zero-order valence-corrected chi connectivity index (χ0v) is 9.43. The van der Waals surface area contributed by atoms with Crippen molar-refractivity contribution < 1.29 is 14.3 Å². The highest BCUT2D eigenvalue weighted by atomic mass is 32.1. The van der Waals surface area contributed by atoms with Gasteiger partial charge in [-0.2, -0.15) is 0 Å². The number of hydrogen-bond acceptors (Lipinski definition) is 3. The van der Waals surface area contributed by atoms with Crippen molar-refractivity contribution in [3.05, 3.63) is 29.6 Å². The average molecular weight is 241 g/mol. The summed E-state index contributed by atoms with van der Waals surface area (Å²) < 4.78 is 12.9. The lowest BCUT2D eigenvalue weighted by Gasteiger charge is -2.14. The Morgan fingerprint density at radius 1 is 1.56 bits per heavy atom. The molecule has 0 radical (unpaired) electrons. The van der Waals surface area contributed by atoms with Crippen LogP contribution in [0.3, 0.4) is 0 Å². The monoisotopic (exact) mass is 241 g/mol. The first kappa shape index (κ1) is 11.4. The molecular weight excluding hydrogens is 229 g/mol. The van der Waals surface area contributed by atoms with Gasteiger partial charge < -0.3 is 10.4 Å². The lowest BCUT2D eigenvalue weighted by atomic mass is 10.2. The summed E-state index contributed by atoms with van der Waals surface area (Å²) >= 11 is 3.91. The van der Waals surface area contributed by atoms with Crippen molar-refractivity contribution in [1.29, 1.82) is 0 Å². The highest BCUT2D eigenvalue weighted by Crippen LogP contribution is 2.34. The third kappa shape index (κ3) is 2.20. The van der Waals surface area contributed by atoms with Gasteiger partial charge in [-0.3, -0.25) is 4.79 Å². The standard InChI is InChI=1S/C11H12FNO2S/c12-8-2-1-7(5-9(8)16)10(15)13-11(6-14)3-4-11/h1-2,5,14,16H,3-4,6H2,(H,13,15). The van der Waals surface area contributed by atoms with E-state index in [0.29, 0.717) is 5.56 Å². The molecule has 0 aromatic heterocycles. The van der Waals surface area contributed by atoms with Crippen molar-refractivity contribution in [1.82, 2.24) is 5.32 Å². The minimum Gasteiger partial charge on any atom is -0.394 e. The smallest absolute Gasteiger partial charge is 0.251 e. The van der Waals surface area contributed by atoms with Crippen molar-refractivity contribution in [3.63, 3.8) is 0 Å². The lowest BCUT2D eigenvalue weighted by Crippen LogP contribution is -2.39. The zero-order chi connectivity index (χ0) is 11.8. The first-order valence-electron chi connectivity index (χ1n) is 4.98. The molecule has 0 bridgehead atoms. The summed E-state index contributed by atoms with van der Waals surface area (Å²) in [6.07, 6.45) is 1.56. The predicted molar refractivity (Wildman–Crippen MR) is 60.2 cm³/mol. The number of carbonyl (C=O) groups is 1. The Kier molecular flexibility index (Phi) is 2.90. The van der Waals surface area contributed by atoms with E-state index < -0.39 is 11.4 Å². The third-order valence-electron chi connectivity index (χ3n) is 2.74. The van der Waals surface area contributed by atoms with Crippen LogP contribution in [0.4, 0.5) is 4.39 Å². The molecule has 0 heterocycles. The number of halogens is 1. The number of rotatable bonds is 3. The van der Waals surface area contributed by atoms with Gasteiger partial charge in [-0.15, -0.1) is 12.6 Å². The number of nitrogens with one attached hydrogen (secondary N) is 1. The van der Waals surface area contributed by atoms with E-state index in [1.165, 1.54) is 18.2 Å². The second-order valence-corrected chi connectivity index (χ2v) is 4.54. The van der Waals surface area contributed by atoms with Crippen LogP contribution in [0.15, 0.2) is 23.1 Å². The summed E-state index contributed by atoms with van der Waals surface area (Å²) in [4.78, 5) is 11.9. The fraction of sp³-hybridized carbons (Fsp3) is 0.364. The van der Waals surface area contributed by atoms with Gasteiger partial charge in [-0.1, -0.05) is 0 Å². The largest absolute Gasteiger partial charge is 0.394 e. The highest BCUT2D eigenvalue weighted by Gasteiger charge is 2.43. The molecule has 0 saturated heterocycles. The van der Waals surface area contributed by atoms with Crippen molar-refractivity contribution >= 4 is 18.5 Å². The quantitative estimate of drug-likeness (QED) is 0.700. The Morgan fingerprint density at radius 3 is 2.75 bits per heavy atom. The first-order valence-corrected chi connectivity index (χ1v) is 5.43. The topological polar surface area (TPSA) is 49.3 Å². The summed E-state index contributed by atoms with van der Waals surface area (Å²) in [6.45, 7) is -0.0618. The van der Waals surface area contributed by atoms with E-state index in [4.69, 9.17) is 5.11 Å². The Bertz CT molecular complexity index is 432. The van der Waals surface area contributed by atoms with E-state index in [1.54, 1.807) is 0 Å². The van der Waals surface area contributed by atoms with E-state index in [2.05, 4.69) is 17.9 Å². The fourth-order valence-electron chi connectivity index (χ4n) is 1.44. The molecule has 0 unspecified atom stereocenters. The Labute approximate surface area is 98.1 Å². The number of hydrogen-bond donors (Lipinski definition) is 3. The number of carbonyl (C=O) groups excluding carboxylic acids is 1. The van der Waals surface area contributed by atoms with Crippen LogP contribution in [0.5, 0.6) is 0 Å². The van der Waals surface area contributed by atoms with Crippen molar-refractivity contribution in [2.24, 2.45) is 0 Å². The van der Waals surface area contributed by atoms with E-state index >= 15 is 0 Å². The van der Waals surface area contributed by atoms with Gasteiger partial charge in [-0.05, 0) is 31.0 Å². The highest BCUT2D eigenvalue weighted by molar-refractivity contribution is 7.80. The Hall–Kier alpha value is -1.07. The number of aliphatic hydroxyl groups excluding tert-OH is 1. The first-order chi connectivity index (χ1) is 7.56. The SMILES string of the molecule is O=C(NC1(CO)CC1)c1ccc(F)c(S)c1. The zero-order valence-electron chi connectivity index (χ0n) is 8.53. The van der Waals surface area contributed by atoms with Crippen LogP contribution in [0.25, 0.3) is 0 Å². The minimum absolute atomic E-state index is 0.0618. The maximum Gasteiger partial charge on any atom is 0.251 e. The molecule has 16 heavy (non-hydrogen) atoms.